The van der Waals surface area contributed by atoms with Crippen LogP contribution in [0.5, 0.6) is 0 Å². The smallest absolute Gasteiger partial charge is 0.245 e. The molecule has 5 heteroatoms. The Bertz CT molecular complexity index is 554. The van der Waals surface area contributed by atoms with E-state index in [1.54, 1.807) is 0 Å². The van der Waals surface area contributed by atoms with E-state index in [2.05, 4.69) is 21.6 Å². The van der Waals surface area contributed by atoms with Crippen LogP contribution in [-0.2, 0) is 11.3 Å². The van der Waals surface area contributed by atoms with Crippen molar-refractivity contribution in [1.82, 2.24) is 10.6 Å². The molecule has 2 aliphatic rings. The van der Waals surface area contributed by atoms with Gasteiger partial charge < -0.3 is 15.5 Å². The predicted molar refractivity (Wildman–Crippen MR) is 85.7 cm³/mol. The van der Waals surface area contributed by atoms with Crippen molar-refractivity contribution in [3.8, 4) is 0 Å². The van der Waals surface area contributed by atoms with E-state index in [-0.39, 0.29) is 5.91 Å². The van der Waals surface area contributed by atoms with Crippen molar-refractivity contribution < 1.29 is 4.79 Å². The standard InChI is InChI=1S/C16H22ClN3O/c1-16(2)15(21)18-8-9-20(16)14-5-3-4-13(17)12(14)10-19-11-6-7-11/h3-5,11,19H,6-10H2,1-2H3,(H,18,21). The molecule has 1 aromatic rings. The van der Waals surface area contributed by atoms with Crippen LogP contribution in [0.1, 0.15) is 32.3 Å². The van der Waals surface area contributed by atoms with Crippen molar-refractivity contribution >= 4 is 23.2 Å². The van der Waals surface area contributed by atoms with Gasteiger partial charge in [-0.25, -0.2) is 0 Å². The molecule has 2 fully saturated rings. The van der Waals surface area contributed by atoms with Crippen LogP contribution in [0, 0.1) is 0 Å². The lowest BCUT2D eigenvalue weighted by molar-refractivity contribution is -0.126. The molecule has 3 rings (SSSR count). The van der Waals surface area contributed by atoms with Crippen LogP contribution in [0.15, 0.2) is 18.2 Å². The average Bonchev–Trinajstić information content (AvgIpc) is 3.24. The quantitative estimate of drug-likeness (QED) is 0.897. The minimum Gasteiger partial charge on any atom is -0.355 e. The highest BCUT2D eigenvalue weighted by molar-refractivity contribution is 6.31. The summed E-state index contributed by atoms with van der Waals surface area (Å²) in [5, 5.41) is 7.22. The molecule has 0 spiro atoms. The van der Waals surface area contributed by atoms with Crippen LogP contribution >= 0.6 is 11.6 Å². The number of hydrogen-bond donors (Lipinski definition) is 2. The van der Waals surface area contributed by atoms with Crippen molar-refractivity contribution in [2.45, 2.75) is 44.8 Å². The third-order valence-corrected chi connectivity index (χ3v) is 4.74. The first-order valence-corrected chi connectivity index (χ1v) is 7.94. The highest BCUT2D eigenvalue weighted by atomic mass is 35.5. The molecule has 0 aromatic heterocycles. The lowest BCUT2D eigenvalue weighted by atomic mass is 9.96. The Kier molecular flexibility index (Phi) is 3.84. The molecule has 114 valence electrons. The minimum absolute atomic E-state index is 0.0647. The molecule has 0 atom stereocenters. The molecule has 1 aromatic carbocycles. The molecule has 0 unspecified atom stereocenters. The van der Waals surface area contributed by atoms with Crippen molar-refractivity contribution in [3.63, 3.8) is 0 Å². The molecular formula is C16H22ClN3O. The maximum Gasteiger partial charge on any atom is 0.245 e. The topological polar surface area (TPSA) is 44.4 Å². The zero-order chi connectivity index (χ0) is 15.0. The SMILES string of the molecule is CC1(C)C(=O)NCCN1c1cccc(Cl)c1CNC1CC1. The summed E-state index contributed by atoms with van der Waals surface area (Å²) < 4.78 is 0. The summed E-state index contributed by atoms with van der Waals surface area (Å²) >= 11 is 6.41. The molecule has 1 aliphatic heterocycles. The van der Waals surface area contributed by atoms with Crippen molar-refractivity contribution in [2.75, 3.05) is 18.0 Å². The van der Waals surface area contributed by atoms with Crippen molar-refractivity contribution in [1.29, 1.82) is 0 Å². The number of anilines is 1. The fraction of sp³-hybridized carbons (Fsp3) is 0.562. The van der Waals surface area contributed by atoms with Crippen LogP contribution in [0.25, 0.3) is 0 Å². The van der Waals surface area contributed by atoms with Gasteiger partial charge in [0.25, 0.3) is 0 Å². The second-order valence-corrected chi connectivity index (χ2v) is 6.77. The third-order valence-electron chi connectivity index (χ3n) is 4.38. The molecule has 2 N–H and O–H groups in total. The van der Waals surface area contributed by atoms with E-state index >= 15 is 0 Å². The Hall–Kier alpha value is -1.26. The number of halogens is 1. The number of rotatable bonds is 4. The van der Waals surface area contributed by atoms with Crippen molar-refractivity contribution in [2.24, 2.45) is 0 Å². The fourth-order valence-electron chi connectivity index (χ4n) is 2.83. The first-order chi connectivity index (χ1) is 10.00. The molecule has 1 amide bonds. The number of carbonyl (C=O) groups is 1. The molecule has 1 aliphatic carbocycles. The summed E-state index contributed by atoms with van der Waals surface area (Å²) in [6.07, 6.45) is 2.49. The van der Waals surface area contributed by atoms with Gasteiger partial charge in [-0.1, -0.05) is 17.7 Å². The van der Waals surface area contributed by atoms with E-state index in [0.717, 1.165) is 29.4 Å². The van der Waals surface area contributed by atoms with E-state index in [4.69, 9.17) is 11.6 Å². The van der Waals surface area contributed by atoms with Gasteiger partial charge in [0.15, 0.2) is 0 Å². The average molecular weight is 308 g/mol. The second kappa shape index (κ2) is 5.50. The molecule has 1 saturated carbocycles. The molecule has 1 saturated heterocycles. The minimum atomic E-state index is -0.558. The number of amides is 1. The van der Waals surface area contributed by atoms with Gasteiger partial charge in [0.1, 0.15) is 5.54 Å². The van der Waals surface area contributed by atoms with E-state index in [1.807, 2.05) is 26.0 Å². The lowest BCUT2D eigenvalue weighted by Crippen LogP contribution is -2.62. The number of nitrogens with zero attached hydrogens (tertiary/aromatic N) is 1. The van der Waals surface area contributed by atoms with Gasteiger partial charge >= 0.3 is 0 Å². The lowest BCUT2D eigenvalue weighted by Gasteiger charge is -2.43. The molecule has 0 bridgehead atoms. The first kappa shape index (κ1) is 14.7. The van der Waals surface area contributed by atoms with Gasteiger partial charge in [0.2, 0.25) is 5.91 Å². The van der Waals surface area contributed by atoms with Crippen LogP contribution < -0.4 is 15.5 Å². The van der Waals surface area contributed by atoms with Gasteiger partial charge in [-0.05, 0) is 38.8 Å². The highest BCUT2D eigenvalue weighted by Gasteiger charge is 2.38. The van der Waals surface area contributed by atoms with E-state index in [9.17, 15) is 4.79 Å². The number of hydrogen-bond acceptors (Lipinski definition) is 3. The van der Waals surface area contributed by atoms with Gasteiger partial charge in [-0.15, -0.1) is 0 Å². The largest absolute Gasteiger partial charge is 0.355 e. The first-order valence-electron chi connectivity index (χ1n) is 7.57. The highest BCUT2D eigenvalue weighted by Crippen LogP contribution is 2.33. The van der Waals surface area contributed by atoms with Crippen LogP contribution in [0.2, 0.25) is 5.02 Å². The summed E-state index contributed by atoms with van der Waals surface area (Å²) in [7, 11) is 0. The Morgan fingerprint density at radius 2 is 2.19 bits per heavy atom. The van der Waals surface area contributed by atoms with E-state index in [0.29, 0.717) is 12.6 Å². The van der Waals surface area contributed by atoms with Gasteiger partial charge in [0.05, 0.1) is 0 Å². The van der Waals surface area contributed by atoms with Gasteiger partial charge in [0, 0.05) is 41.9 Å². The van der Waals surface area contributed by atoms with Crippen LogP contribution in [0.3, 0.4) is 0 Å². The van der Waals surface area contributed by atoms with Gasteiger partial charge in [-0.3, -0.25) is 4.79 Å². The molecule has 1 heterocycles. The van der Waals surface area contributed by atoms with Crippen LogP contribution in [0.4, 0.5) is 5.69 Å². The maximum absolute atomic E-state index is 12.2. The molecule has 0 radical (unpaired) electrons. The van der Waals surface area contributed by atoms with Crippen LogP contribution in [-0.4, -0.2) is 30.6 Å². The molecule has 21 heavy (non-hydrogen) atoms. The van der Waals surface area contributed by atoms with E-state index < -0.39 is 5.54 Å². The summed E-state index contributed by atoms with van der Waals surface area (Å²) in [6.45, 7) is 6.15. The number of carbonyl (C=O) groups excluding carboxylic acids is 1. The second-order valence-electron chi connectivity index (χ2n) is 6.36. The zero-order valence-corrected chi connectivity index (χ0v) is 13.3. The summed E-state index contributed by atoms with van der Waals surface area (Å²) in [6, 6.07) is 6.58. The Balaban J connectivity index is 1.92. The fourth-order valence-corrected chi connectivity index (χ4v) is 3.07. The van der Waals surface area contributed by atoms with Gasteiger partial charge in [-0.2, -0.15) is 0 Å². The number of benzene rings is 1. The maximum atomic E-state index is 12.2. The summed E-state index contributed by atoms with van der Waals surface area (Å²) in [5.74, 6) is 0.0647. The Morgan fingerprint density at radius 1 is 1.43 bits per heavy atom. The monoisotopic (exact) mass is 307 g/mol. The van der Waals surface area contributed by atoms with Crippen molar-refractivity contribution in [3.05, 3.63) is 28.8 Å². The molecule has 4 nitrogen and oxygen atoms in total. The predicted octanol–water partition coefficient (Wildman–Crippen LogP) is 2.31. The number of piperazine rings is 1. The van der Waals surface area contributed by atoms with E-state index in [1.165, 1.54) is 12.8 Å². The molecular weight excluding hydrogens is 286 g/mol. The Labute approximate surface area is 130 Å². The Morgan fingerprint density at radius 3 is 2.90 bits per heavy atom. The summed E-state index contributed by atoms with van der Waals surface area (Å²) in [5.41, 5.74) is 1.60. The normalized spacial score (nSPS) is 21.3. The number of nitrogens with one attached hydrogen (secondary N) is 2. The zero-order valence-electron chi connectivity index (χ0n) is 12.6. The summed E-state index contributed by atoms with van der Waals surface area (Å²) in [4.78, 5) is 14.3. The third kappa shape index (κ3) is 2.87.